The van der Waals surface area contributed by atoms with Crippen molar-refractivity contribution < 1.29 is 9.90 Å². The fourth-order valence-corrected chi connectivity index (χ4v) is 5.27. The molecule has 0 unspecified atom stereocenters. The lowest BCUT2D eigenvalue weighted by molar-refractivity contribution is -0.132. The summed E-state index contributed by atoms with van der Waals surface area (Å²) < 4.78 is 0. The lowest BCUT2D eigenvalue weighted by Gasteiger charge is -2.28. The highest BCUT2D eigenvalue weighted by Gasteiger charge is 2.18. The van der Waals surface area contributed by atoms with Crippen LogP contribution in [0.15, 0.2) is 90.5 Å². The van der Waals surface area contributed by atoms with E-state index in [0.717, 1.165) is 32.4 Å². The van der Waals surface area contributed by atoms with Gasteiger partial charge in [0, 0.05) is 26.8 Å². The van der Waals surface area contributed by atoms with Gasteiger partial charge in [-0.25, -0.2) is 4.79 Å². The van der Waals surface area contributed by atoms with Gasteiger partial charge >= 0.3 is 5.97 Å². The Labute approximate surface area is 235 Å². The fourth-order valence-electron chi connectivity index (χ4n) is 4.31. The van der Waals surface area contributed by atoms with Gasteiger partial charge in [0.2, 0.25) is 0 Å². The summed E-state index contributed by atoms with van der Waals surface area (Å²) in [5, 5.41) is 18.2. The van der Waals surface area contributed by atoms with Gasteiger partial charge in [-0.2, -0.15) is 5.26 Å². The SMILES string of the molecule is CC(C)(C)c1ccc(N(c2ccc(-c3ccc(C=C(C#N)C(=O)O)s3)cc2)c2ccc(C(C)(C)C)cc2)cc1. The Morgan fingerprint density at radius 2 is 1.18 bits per heavy atom. The predicted molar refractivity (Wildman–Crippen MR) is 163 cm³/mol. The van der Waals surface area contributed by atoms with Gasteiger partial charge in [0.05, 0.1) is 0 Å². The lowest BCUT2D eigenvalue weighted by atomic mass is 9.86. The van der Waals surface area contributed by atoms with Crippen LogP contribution in [0.5, 0.6) is 0 Å². The van der Waals surface area contributed by atoms with Crippen LogP contribution in [0, 0.1) is 11.3 Å². The summed E-state index contributed by atoms with van der Waals surface area (Å²) in [5.41, 5.74) is 6.69. The number of benzene rings is 3. The van der Waals surface area contributed by atoms with Gasteiger partial charge in [-0.3, -0.25) is 0 Å². The van der Waals surface area contributed by atoms with Gasteiger partial charge in [0.25, 0.3) is 0 Å². The summed E-state index contributed by atoms with van der Waals surface area (Å²) in [4.78, 5) is 15.2. The van der Waals surface area contributed by atoms with Gasteiger partial charge in [-0.1, -0.05) is 77.9 Å². The summed E-state index contributed by atoms with van der Waals surface area (Å²) in [5.74, 6) is -1.22. The molecular weight excluding hydrogens is 500 g/mol. The summed E-state index contributed by atoms with van der Waals surface area (Å²) in [6.07, 6.45) is 1.41. The maximum atomic E-state index is 11.2. The summed E-state index contributed by atoms with van der Waals surface area (Å²) in [7, 11) is 0. The quantitative estimate of drug-likeness (QED) is 0.198. The molecule has 0 fully saturated rings. The van der Waals surface area contributed by atoms with E-state index in [9.17, 15) is 4.79 Å². The molecule has 0 amide bonds. The predicted octanol–water partition coefficient (Wildman–Crippen LogP) is 9.47. The van der Waals surface area contributed by atoms with E-state index >= 15 is 0 Å². The third-order valence-corrected chi connectivity index (χ3v) is 7.74. The average Bonchev–Trinajstić information content (AvgIpc) is 3.36. The van der Waals surface area contributed by atoms with E-state index in [-0.39, 0.29) is 16.4 Å². The summed E-state index contributed by atoms with van der Waals surface area (Å²) in [6.45, 7) is 13.3. The number of nitrogens with zero attached hydrogens (tertiary/aromatic N) is 2. The molecule has 4 rings (SSSR count). The molecule has 0 spiro atoms. The molecular formula is C34H34N2O2S. The highest BCUT2D eigenvalue weighted by atomic mass is 32.1. The number of carboxylic acid groups (broad SMARTS) is 1. The second-order valence-corrected chi connectivity index (χ2v) is 12.8. The Balaban J connectivity index is 1.71. The van der Waals surface area contributed by atoms with Gasteiger partial charge in [-0.15, -0.1) is 11.3 Å². The fraction of sp³-hybridized carbons (Fsp3) is 0.235. The van der Waals surface area contributed by atoms with Crippen molar-refractivity contribution in [2.75, 3.05) is 4.90 Å². The molecule has 0 bridgehead atoms. The molecule has 1 N–H and O–H groups in total. The minimum atomic E-state index is -1.22. The number of carbonyl (C=O) groups is 1. The Kier molecular flexibility index (Phi) is 7.81. The number of hydrogen-bond acceptors (Lipinski definition) is 4. The molecule has 1 aromatic heterocycles. The van der Waals surface area contributed by atoms with Crippen LogP contribution < -0.4 is 4.90 Å². The first kappa shape index (κ1) is 27.9. The molecule has 0 aliphatic carbocycles. The van der Waals surface area contributed by atoms with E-state index in [1.807, 2.05) is 12.1 Å². The van der Waals surface area contributed by atoms with E-state index in [0.29, 0.717) is 0 Å². The van der Waals surface area contributed by atoms with E-state index in [2.05, 4.69) is 119 Å². The zero-order valence-electron chi connectivity index (χ0n) is 23.3. The monoisotopic (exact) mass is 534 g/mol. The zero-order chi connectivity index (χ0) is 28.4. The maximum Gasteiger partial charge on any atom is 0.346 e. The number of thiophene rings is 1. The molecule has 0 atom stereocenters. The van der Waals surface area contributed by atoms with E-state index in [1.165, 1.54) is 28.5 Å². The third kappa shape index (κ3) is 6.47. The van der Waals surface area contributed by atoms with Crippen LogP contribution in [0.2, 0.25) is 0 Å². The van der Waals surface area contributed by atoms with E-state index in [1.54, 1.807) is 6.07 Å². The van der Waals surface area contributed by atoms with Crippen molar-refractivity contribution in [3.8, 4) is 16.5 Å². The average molecular weight is 535 g/mol. The first-order valence-electron chi connectivity index (χ1n) is 12.9. The molecule has 0 radical (unpaired) electrons. The molecule has 1 heterocycles. The number of rotatable bonds is 6. The maximum absolute atomic E-state index is 11.2. The third-order valence-electron chi connectivity index (χ3n) is 6.66. The molecule has 4 nitrogen and oxygen atoms in total. The van der Waals surface area contributed by atoms with Crippen molar-refractivity contribution in [3.05, 3.63) is 107 Å². The van der Waals surface area contributed by atoms with Crippen LogP contribution >= 0.6 is 11.3 Å². The van der Waals surface area contributed by atoms with Gasteiger partial charge in [-0.05, 0) is 82.1 Å². The van der Waals surface area contributed by atoms with Gasteiger partial charge < -0.3 is 10.0 Å². The Morgan fingerprint density at radius 3 is 1.56 bits per heavy atom. The highest BCUT2D eigenvalue weighted by Crippen LogP contribution is 2.38. The van der Waals surface area contributed by atoms with Crippen molar-refractivity contribution in [2.24, 2.45) is 0 Å². The van der Waals surface area contributed by atoms with Crippen LogP contribution in [-0.4, -0.2) is 11.1 Å². The van der Waals surface area contributed by atoms with Crippen molar-refractivity contribution in [3.63, 3.8) is 0 Å². The molecule has 5 heteroatoms. The first-order chi connectivity index (χ1) is 18.4. The molecule has 39 heavy (non-hydrogen) atoms. The first-order valence-corrected chi connectivity index (χ1v) is 13.7. The topological polar surface area (TPSA) is 64.3 Å². The van der Waals surface area contributed by atoms with Crippen LogP contribution in [0.1, 0.15) is 57.5 Å². The standard InChI is InChI=1S/C34H34N2O2S/c1-33(2,3)25-9-15-28(16-10-25)36(29-17-11-26(12-18-29)34(4,5)6)27-13-7-23(8-14-27)31-20-19-30(39-31)21-24(22-35)32(37)38/h7-21H,1-6H3,(H,37,38). The number of carboxylic acids is 1. The molecule has 198 valence electrons. The summed E-state index contributed by atoms with van der Waals surface area (Å²) in [6, 6.07) is 31.4. The van der Waals surface area contributed by atoms with Gasteiger partial charge in [0.1, 0.15) is 11.6 Å². The van der Waals surface area contributed by atoms with E-state index < -0.39 is 5.97 Å². The summed E-state index contributed by atoms with van der Waals surface area (Å²) >= 11 is 1.46. The largest absolute Gasteiger partial charge is 0.477 e. The second-order valence-electron chi connectivity index (χ2n) is 11.7. The number of hydrogen-bond donors (Lipinski definition) is 1. The van der Waals surface area contributed by atoms with Crippen LogP contribution in [-0.2, 0) is 15.6 Å². The van der Waals surface area contributed by atoms with Crippen LogP contribution in [0.25, 0.3) is 16.5 Å². The molecule has 0 saturated carbocycles. The zero-order valence-corrected chi connectivity index (χ0v) is 24.1. The van der Waals surface area contributed by atoms with Gasteiger partial charge in [0.15, 0.2) is 0 Å². The van der Waals surface area contributed by atoms with Crippen LogP contribution in [0.4, 0.5) is 17.1 Å². The molecule has 4 aromatic rings. The Bertz CT molecular complexity index is 1470. The molecule has 3 aromatic carbocycles. The van der Waals surface area contributed by atoms with Crippen LogP contribution in [0.3, 0.4) is 0 Å². The Morgan fingerprint density at radius 1 is 0.744 bits per heavy atom. The minimum absolute atomic E-state index is 0.0760. The molecule has 0 aliphatic heterocycles. The van der Waals surface area contributed by atoms with Crippen molar-refractivity contribution in [2.45, 2.75) is 52.4 Å². The highest BCUT2D eigenvalue weighted by molar-refractivity contribution is 7.16. The molecule has 0 saturated heterocycles. The van der Waals surface area contributed by atoms with Crippen molar-refractivity contribution >= 4 is 40.4 Å². The number of anilines is 3. The van der Waals surface area contributed by atoms with Crippen molar-refractivity contribution in [1.29, 1.82) is 5.26 Å². The lowest BCUT2D eigenvalue weighted by Crippen LogP contribution is -2.14. The van der Waals surface area contributed by atoms with E-state index in [4.69, 9.17) is 10.4 Å². The van der Waals surface area contributed by atoms with Crippen molar-refractivity contribution in [1.82, 2.24) is 0 Å². The normalized spacial score (nSPS) is 12.2. The number of nitriles is 1. The molecule has 0 aliphatic rings. The number of aliphatic carboxylic acids is 1. The smallest absolute Gasteiger partial charge is 0.346 e. The second kappa shape index (κ2) is 10.9. The Hall–Kier alpha value is -4.14. The minimum Gasteiger partial charge on any atom is -0.477 e.